The van der Waals surface area contributed by atoms with Crippen LogP contribution in [0, 0.1) is 0 Å². The molecule has 0 atom stereocenters. The fraction of sp³-hybridized carbons (Fsp3) is 0.588. The third-order valence-electron chi connectivity index (χ3n) is 4.23. The Morgan fingerprint density at radius 3 is 2.36 bits per heavy atom. The lowest BCUT2D eigenvalue weighted by Gasteiger charge is -2.22. The first-order valence-electron chi connectivity index (χ1n) is 8.01. The normalized spacial score (nSPS) is 16.4. The molecule has 0 bridgehead atoms. The van der Waals surface area contributed by atoms with Gasteiger partial charge < -0.3 is 5.32 Å². The summed E-state index contributed by atoms with van der Waals surface area (Å²) in [7, 11) is -2.96. The third kappa shape index (κ3) is 5.44. The number of carbonyl (C=O) groups is 1. The van der Waals surface area contributed by atoms with Crippen LogP contribution in [-0.2, 0) is 9.84 Å². The van der Waals surface area contributed by atoms with Gasteiger partial charge in [0, 0.05) is 18.4 Å². The van der Waals surface area contributed by atoms with E-state index in [4.69, 9.17) is 0 Å². The molecule has 0 aromatic heterocycles. The molecule has 1 saturated carbocycles. The van der Waals surface area contributed by atoms with Gasteiger partial charge in [-0.3, -0.25) is 4.79 Å². The van der Waals surface area contributed by atoms with E-state index in [1.165, 1.54) is 43.9 Å². The Balaban J connectivity index is 1.83. The average Bonchev–Trinajstić information content (AvgIpc) is 2.51. The predicted octanol–water partition coefficient (Wildman–Crippen LogP) is 2.90. The van der Waals surface area contributed by atoms with Gasteiger partial charge in [-0.1, -0.05) is 31.4 Å². The van der Waals surface area contributed by atoms with Gasteiger partial charge in [-0.25, -0.2) is 8.42 Å². The molecule has 2 rings (SSSR count). The van der Waals surface area contributed by atoms with Gasteiger partial charge in [-0.05, 0) is 42.9 Å². The molecule has 1 aromatic rings. The molecule has 0 spiro atoms. The summed E-state index contributed by atoms with van der Waals surface area (Å²) in [6.45, 7) is 0.385. The number of carbonyl (C=O) groups excluding carboxylic acids is 1. The summed E-state index contributed by atoms with van der Waals surface area (Å²) < 4.78 is 22.0. The minimum atomic E-state index is -2.96. The molecule has 0 radical (unpaired) electrons. The number of amides is 1. The minimum Gasteiger partial charge on any atom is -0.352 e. The summed E-state index contributed by atoms with van der Waals surface area (Å²) in [5, 5.41) is 2.77. The first kappa shape index (κ1) is 17.0. The van der Waals surface area contributed by atoms with Crippen LogP contribution in [0.2, 0.25) is 0 Å². The summed E-state index contributed by atoms with van der Waals surface area (Å²) in [6, 6.07) is 7.86. The van der Waals surface area contributed by atoms with E-state index in [1.807, 2.05) is 12.1 Å². The number of nitrogens with one attached hydrogen (secondary N) is 1. The highest BCUT2D eigenvalue weighted by molar-refractivity contribution is 7.90. The zero-order valence-electron chi connectivity index (χ0n) is 13.2. The van der Waals surface area contributed by atoms with Gasteiger partial charge in [0.05, 0.1) is 5.75 Å². The van der Waals surface area contributed by atoms with E-state index in [-0.39, 0.29) is 11.7 Å². The maximum Gasteiger partial charge on any atom is 0.251 e. The van der Waals surface area contributed by atoms with Crippen molar-refractivity contribution in [2.75, 3.05) is 18.6 Å². The van der Waals surface area contributed by atoms with Gasteiger partial charge in [-0.15, -0.1) is 0 Å². The van der Waals surface area contributed by atoms with Crippen molar-refractivity contribution in [3.8, 4) is 0 Å². The highest BCUT2D eigenvalue weighted by Gasteiger charge is 2.15. The Kier molecular flexibility index (Phi) is 6.00. The van der Waals surface area contributed by atoms with E-state index in [9.17, 15) is 13.2 Å². The summed E-state index contributed by atoms with van der Waals surface area (Å²) >= 11 is 0. The van der Waals surface area contributed by atoms with E-state index < -0.39 is 9.84 Å². The Labute approximate surface area is 133 Å². The van der Waals surface area contributed by atoms with Crippen LogP contribution >= 0.6 is 0 Å². The second kappa shape index (κ2) is 7.77. The fourth-order valence-electron chi connectivity index (χ4n) is 2.98. The Morgan fingerprint density at radius 1 is 1.14 bits per heavy atom. The van der Waals surface area contributed by atoms with Crippen molar-refractivity contribution in [1.29, 1.82) is 0 Å². The number of benzene rings is 1. The molecule has 4 nitrogen and oxygen atoms in total. The fourth-order valence-corrected chi connectivity index (χ4v) is 3.65. The van der Waals surface area contributed by atoms with E-state index >= 15 is 0 Å². The molecule has 1 aromatic carbocycles. The van der Waals surface area contributed by atoms with Crippen LogP contribution in [0.25, 0.3) is 0 Å². The predicted molar refractivity (Wildman–Crippen MR) is 88.9 cm³/mol. The molecule has 1 amide bonds. The van der Waals surface area contributed by atoms with E-state index in [0.717, 1.165) is 0 Å². The lowest BCUT2D eigenvalue weighted by Crippen LogP contribution is -2.25. The van der Waals surface area contributed by atoms with E-state index in [0.29, 0.717) is 24.4 Å². The molecule has 1 aliphatic carbocycles. The highest BCUT2D eigenvalue weighted by Crippen LogP contribution is 2.32. The average molecular weight is 323 g/mol. The summed E-state index contributed by atoms with van der Waals surface area (Å²) in [6.07, 6.45) is 8.09. The molecule has 0 unspecified atom stereocenters. The Morgan fingerprint density at radius 2 is 1.77 bits per heavy atom. The second-order valence-corrected chi connectivity index (χ2v) is 8.46. The largest absolute Gasteiger partial charge is 0.352 e. The quantitative estimate of drug-likeness (QED) is 0.819. The van der Waals surface area contributed by atoms with Crippen LogP contribution in [0.4, 0.5) is 0 Å². The maximum atomic E-state index is 12.0. The molecular formula is C17H25NO3S. The summed E-state index contributed by atoms with van der Waals surface area (Å²) in [4.78, 5) is 12.0. The zero-order chi connectivity index (χ0) is 16.0. The van der Waals surface area contributed by atoms with E-state index in [2.05, 4.69) is 17.4 Å². The lowest BCUT2D eigenvalue weighted by atomic mass is 9.84. The van der Waals surface area contributed by atoms with Gasteiger partial charge in [0.25, 0.3) is 5.91 Å². The van der Waals surface area contributed by atoms with Gasteiger partial charge in [0.1, 0.15) is 9.84 Å². The van der Waals surface area contributed by atoms with Gasteiger partial charge in [-0.2, -0.15) is 0 Å². The maximum absolute atomic E-state index is 12.0. The third-order valence-corrected chi connectivity index (χ3v) is 5.26. The number of rotatable bonds is 6. The molecule has 1 N–H and O–H groups in total. The van der Waals surface area contributed by atoms with Crippen LogP contribution in [0.15, 0.2) is 24.3 Å². The van der Waals surface area contributed by atoms with Crippen molar-refractivity contribution in [3.63, 3.8) is 0 Å². The van der Waals surface area contributed by atoms with E-state index in [1.54, 1.807) is 0 Å². The van der Waals surface area contributed by atoms with Crippen LogP contribution in [0.3, 0.4) is 0 Å². The Hall–Kier alpha value is -1.36. The SMILES string of the molecule is CS(=O)(=O)CCCNC(=O)c1ccc(C2CCCCC2)cc1. The number of hydrogen-bond acceptors (Lipinski definition) is 3. The summed E-state index contributed by atoms with van der Waals surface area (Å²) in [5.41, 5.74) is 1.97. The standard InChI is InChI=1S/C17H25NO3S/c1-22(20,21)13-5-12-18-17(19)16-10-8-15(9-11-16)14-6-3-2-4-7-14/h8-11,14H,2-7,12-13H2,1H3,(H,18,19). The molecule has 22 heavy (non-hydrogen) atoms. The van der Waals surface area contributed by atoms with Crippen molar-refractivity contribution < 1.29 is 13.2 Å². The van der Waals surface area contributed by atoms with Crippen LogP contribution in [0.5, 0.6) is 0 Å². The Bertz CT molecular complexity index is 587. The number of hydrogen-bond donors (Lipinski definition) is 1. The van der Waals surface area contributed by atoms with Crippen molar-refractivity contribution >= 4 is 15.7 Å². The lowest BCUT2D eigenvalue weighted by molar-refractivity contribution is 0.0953. The van der Waals surface area contributed by atoms with Crippen molar-refractivity contribution in [2.45, 2.75) is 44.4 Å². The van der Waals surface area contributed by atoms with Crippen molar-refractivity contribution in [3.05, 3.63) is 35.4 Å². The smallest absolute Gasteiger partial charge is 0.251 e. The topological polar surface area (TPSA) is 63.2 Å². The molecule has 1 fully saturated rings. The van der Waals surface area contributed by atoms with Gasteiger partial charge in [0.15, 0.2) is 0 Å². The zero-order valence-corrected chi connectivity index (χ0v) is 14.0. The molecule has 1 aliphatic rings. The molecule has 0 saturated heterocycles. The van der Waals surface area contributed by atoms with Gasteiger partial charge >= 0.3 is 0 Å². The summed E-state index contributed by atoms with van der Waals surface area (Å²) in [5.74, 6) is 0.609. The first-order chi connectivity index (χ1) is 10.5. The van der Waals surface area contributed by atoms with Crippen molar-refractivity contribution in [2.24, 2.45) is 0 Å². The van der Waals surface area contributed by atoms with Crippen LogP contribution < -0.4 is 5.32 Å². The molecule has 5 heteroatoms. The van der Waals surface area contributed by atoms with Crippen LogP contribution in [-0.4, -0.2) is 32.9 Å². The number of sulfone groups is 1. The van der Waals surface area contributed by atoms with Crippen molar-refractivity contribution in [1.82, 2.24) is 5.32 Å². The first-order valence-corrected chi connectivity index (χ1v) is 10.1. The second-order valence-electron chi connectivity index (χ2n) is 6.20. The minimum absolute atomic E-state index is 0.105. The highest BCUT2D eigenvalue weighted by atomic mass is 32.2. The monoisotopic (exact) mass is 323 g/mol. The van der Waals surface area contributed by atoms with Crippen LogP contribution in [0.1, 0.15) is 60.4 Å². The molecule has 0 heterocycles. The molecular weight excluding hydrogens is 298 g/mol. The van der Waals surface area contributed by atoms with Gasteiger partial charge in [0.2, 0.25) is 0 Å². The molecule has 122 valence electrons. The molecule has 0 aliphatic heterocycles.